The van der Waals surface area contributed by atoms with Gasteiger partial charge in [-0.25, -0.2) is 9.37 Å². The van der Waals surface area contributed by atoms with Crippen molar-refractivity contribution < 1.29 is 23.9 Å². The van der Waals surface area contributed by atoms with Crippen molar-refractivity contribution in [2.75, 3.05) is 18.9 Å². The summed E-state index contributed by atoms with van der Waals surface area (Å²) in [7, 11) is 1.38. The highest BCUT2D eigenvalue weighted by Gasteiger charge is 2.16. The lowest BCUT2D eigenvalue weighted by Crippen LogP contribution is -2.33. The molecule has 0 aliphatic carbocycles. The summed E-state index contributed by atoms with van der Waals surface area (Å²) in [6, 6.07) is 5.55. The van der Waals surface area contributed by atoms with Gasteiger partial charge in [0.2, 0.25) is 5.91 Å². The van der Waals surface area contributed by atoms with E-state index in [1.54, 1.807) is 11.4 Å². The van der Waals surface area contributed by atoms with Crippen LogP contribution in [0.1, 0.15) is 16.1 Å². The second kappa shape index (κ2) is 7.64. The summed E-state index contributed by atoms with van der Waals surface area (Å²) in [5.74, 6) is -2.79. The number of benzene rings is 1. The van der Waals surface area contributed by atoms with Crippen LogP contribution >= 0.6 is 11.3 Å². The Bertz CT molecular complexity index is 778. The van der Waals surface area contributed by atoms with Gasteiger partial charge in [-0.05, 0) is 12.1 Å². The number of anilines is 1. The largest absolute Gasteiger partial charge is 0.480 e. The van der Waals surface area contributed by atoms with Crippen LogP contribution in [0.15, 0.2) is 29.6 Å². The van der Waals surface area contributed by atoms with Crippen LogP contribution in [0.5, 0.6) is 0 Å². The highest BCUT2D eigenvalue weighted by Crippen LogP contribution is 2.18. The summed E-state index contributed by atoms with van der Waals surface area (Å²) in [5.41, 5.74) is 0.289. The predicted octanol–water partition coefficient (Wildman–Crippen LogP) is 1.62. The van der Waals surface area contributed by atoms with E-state index in [1.807, 2.05) is 0 Å². The number of aromatic nitrogens is 1. The molecule has 0 saturated carbocycles. The lowest BCUT2D eigenvalue weighted by Gasteiger charge is -2.13. The van der Waals surface area contributed by atoms with Gasteiger partial charge in [0.15, 0.2) is 5.13 Å². The summed E-state index contributed by atoms with van der Waals surface area (Å²) in [6.45, 7) is -0.403. The standard InChI is InChI=1S/C15H14FN3O4S/c1-19(7-13(21)22)12(20)6-9-8-24-15(17-9)18-14(23)10-4-2-3-5-11(10)16/h2-5,8H,6-7H2,1H3,(H,21,22)(H,17,18,23). The molecule has 0 bridgehead atoms. The lowest BCUT2D eigenvalue weighted by molar-refractivity contribution is -0.143. The second-order valence-corrected chi connectivity index (χ2v) is 5.76. The Morgan fingerprint density at radius 2 is 2.04 bits per heavy atom. The first-order valence-electron chi connectivity index (χ1n) is 6.83. The Balaban J connectivity index is 1.98. The fourth-order valence-electron chi connectivity index (χ4n) is 1.84. The van der Waals surface area contributed by atoms with Crippen molar-refractivity contribution in [2.24, 2.45) is 0 Å². The molecule has 7 nitrogen and oxygen atoms in total. The molecule has 126 valence electrons. The summed E-state index contributed by atoms with van der Waals surface area (Å²) in [4.78, 5) is 39.5. The van der Waals surface area contributed by atoms with Crippen molar-refractivity contribution in [1.82, 2.24) is 9.88 Å². The number of nitrogens with zero attached hydrogens (tertiary/aromatic N) is 2. The minimum Gasteiger partial charge on any atom is -0.480 e. The summed E-state index contributed by atoms with van der Waals surface area (Å²) >= 11 is 1.09. The van der Waals surface area contributed by atoms with Gasteiger partial charge in [0.25, 0.3) is 5.91 Å². The number of rotatable bonds is 6. The zero-order chi connectivity index (χ0) is 17.7. The number of hydrogen-bond donors (Lipinski definition) is 2. The van der Waals surface area contributed by atoms with E-state index in [-0.39, 0.29) is 17.1 Å². The number of carboxylic acid groups (broad SMARTS) is 1. The SMILES string of the molecule is CN(CC(=O)O)C(=O)Cc1csc(NC(=O)c2ccccc2F)n1. The molecule has 2 aromatic rings. The van der Waals surface area contributed by atoms with E-state index in [4.69, 9.17) is 5.11 Å². The number of carboxylic acids is 1. The number of carbonyl (C=O) groups is 3. The molecule has 2 rings (SSSR count). The molecule has 2 amide bonds. The topological polar surface area (TPSA) is 99.6 Å². The molecular weight excluding hydrogens is 337 g/mol. The van der Waals surface area contributed by atoms with Crippen molar-refractivity contribution in [3.8, 4) is 0 Å². The van der Waals surface area contributed by atoms with Gasteiger partial charge in [0.05, 0.1) is 17.7 Å². The first kappa shape index (κ1) is 17.5. The molecule has 0 fully saturated rings. The van der Waals surface area contributed by atoms with Crippen LogP contribution in [0.4, 0.5) is 9.52 Å². The quantitative estimate of drug-likeness (QED) is 0.824. The summed E-state index contributed by atoms with van der Waals surface area (Å²) in [5, 5.41) is 12.9. The van der Waals surface area contributed by atoms with Gasteiger partial charge in [-0.3, -0.25) is 19.7 Å². The molecule has 2 N–H and O–H groups in total. The Kier molecular flexibility index (Phi) is 5.59. The summed E-state index contributed by atoms with van der Waals surface area (Å²) < 4.78 is 13.5. The van der Waals surface area contributed by atoms with E-state index in [0.29, 0.717) is 5.69 Å². The highest BCUT2D eigenvalue weighted by molar-refractivity contribution is 7.14. The minimum absolute atomic E-state index is 0.0875. The van der Waals surface area contributed by atoms with Gasteiger partial charge in [0.1, 0.15) is 12.4 Å². The predicted molar refractivity (Wildman–Crippen MR) is 85.4 cm³/mol. The van der Waals surface area contributed by atoms with Crippen LogP contribution in [0, 0.1) is 5.82 Å². The maximum atomic E-state index is 13.5. The molecule has 1 aromatic carbocycles. The van der Waals surface area contributed by atoms with Gasteiger partial charge in [-0.1, -0.05) is 12.1 Å². The van der Waals surface area contributed by atoms with Gasteiger partial charge in [-0.2, -0.15) is 0 Å². The molecule has 0 aliphatic heterocycles. The van der Waals surface area contributed by atoms with Crippen molar-refractivity contribution in [1.29, 1.82) is 0 Å². The van der Waals surface area contributed by atoms with Crippen LogP contribution in [0.3, 0.4) is 0 Å². The zero-order valence-electron chi connectivity index (χ0n) is 12.7. The van der Waals surface area contributed by atoms with Crippen LogP contribution in [0.2, 0.25) is 0 Å². The average molecular weight is 351 g/mol. The maximum Gasteiger partial charge on any atom is 0.323 e. The van der Waals surface area contributed by atoms with Crippen molar-refractivity contribution in [3.63, 3.8) is 0 Å². The van der Waals surface area contributed by atoms with Crippen LogP contribution < -0.4 is 5.32 Å². The normalized spacial score (nSPS) is 10.2. The minimum atomic E-state index is -1.11. The van der Waals surface area contributed by atoms with E-state index >= 15 is 0 Å². The molecule has 0 unspecified atom stereocenters. The van der Waals surface area contributed by atoms with Crippen molar-refractivity contribution in [2.45, 2.75) is 6.42 Å². The molecule has 0 radical (unpaired) electrons. The first-order chi connectivity index (χ1) is 11.4. The molecule has 24 heavy (non-hydrogen) atoms. The van der Waals surface area contributed by atoms with E-state index in [9.17, 15) is 18.8 Å². The van der Waals surface area contributed by atoms with Gasteiger partial charge < -0.3 is 10.0 Å². The zero-order valence-corrected chi connectivity index (χ0v) is 13.5. The first-order valence-corrected chi connectivity index (χ1v) is 7.71. The Morgan fingerprint density at radius 1 is 1.33 bits per heavy atom. The fraction of sp³-hybridized carbons (Fsp3) is 0.200. The Labute approximate surface area is 140 Å². The number of amides is 2. The number of halogens is 1. The smallest absolute Gasteiger partial charge is 0.323 e. The number of nitrogens with one attached hydrogen (secondary N) is 1. The number of aliphatic carboxylic acids is 1. The number of carbonyl (C=O) groups excluding carboxylic acids is 2. The Morgan fingerprint density at radius 3 is 2.71 bits per heavy atom. The second-order valence-electron chi connectivity index (χ2n) is 4.90. The van der Waals surface area contributed by atoms with Gasteiger partial charge >= 0.3 is 5.97 Å². The Hall–Kier alpha value is -2.81. The van der Waals surface area contributed by atoms with E-state index in [0.717, 1.165) is 16.2 Å². The van der Waals surface area contributed by atoms with Crippen molar-refractivity contribution in [3.05, 3.63) is 46.7 Å². The molecule has 1 heterocycles. The molecule has 9 heteroatoms. The lowest BCUT2D eigenvalue weighted by atomic mass is 10.2. The van der Waals surface area contributed by atoms with E-state index in [2.05, 4.69) is 10.3 Å². The maximum absolute atomic E-state index is 13.5. The van der Waals surface area contributed by atoms with Gasteiger partial charge in [-0.15, -0.1) is 11.3 Å². The summed E-state index contributed by atoms with van der Waals surface area (Å²) in [6.07, 6.45) is -0.0875. The highest BCUT2D eigenvalue weighted by atomic mass is 32.1. The third kappa shape index (κ3) is 4.59. The van der Waals surface area contributed by atoms with Gasteiger partial charge in [0, 0.05) is 12.4 Å². The van der Waals surface area contributed by atoms with Crippen LogP contribution in [0.25, 0.3) is 0 Å². The number of likely N-dealkylation sites (N-methyl/N-ethyl adjacent to an activating group) is 1. The molecule has 0 aliphatic rings. The molecule has 0 atom stereocenters. The average Bonchev–Trinajstić information content (AvgIpc) is 2.93. The molecule has 0 saturated heterocycles. The molecule has 1 aromatic heterocycles. The third-order valence-electron chi connectivity index (χ3n) is 3.02. The van der Waals surface area contributed by atoms with Crippen molar-refractivity contribution >= 4 is 34.3 Å². The number of thiazole rings is 1. The number of hydrogen-bond acceptors (Lipinski definition) is 5. The molecular formula is C15H14FN3O4S. The molecule has 0 spiro atoms. The van der Waals surface area contributed by atoms with Crippen LogP contribution in [-0.2, 0) is 16.0 Å². The third-order valence-corrected chi connectivity index (χ3v) is 3.83. The van der Waals surface area contributed by atoms with E-state index in [1.165, 1.54) is 25.2 Å². The van der Waals surface area contributed by atoms with Crippen LogP contribution in [-0.4, -0.2) is 46.4 Å². The fourth-order valence-corrected chi connectivity index (χ4v) is 2.54. The monoisotopic (exact) mass is 351 g/mol. The van der Waals surface area contributed by atoms with E-state index < -0.39 is 30.1 Å².